The predicted molar refractivity (Wildman–Crippen MR) is 97.8 cm³/mol. The third kappa shape index (κ3) is 4.23. The number of methoxy groups -OCH3 is 1. The van der Waals surface area contributed by atoms with Crippen LogP contribution in [-0.4, -0.2) is 37.0 Å². The van der Waals surface area contributed by atoms with Crippen LogP contribution >= 0.6 is 0 Å². The van der Waals surface area contributed by atoms with E-state index in [1.165, 1.54) is 0 Å². The molecule has 25 heavy (non-hydrogen) atoms. The number of carbonyl (C=O) groups excluding carboxylic acids is 1. The van der Waals surface area contributed by atoms with Crippen LogP contribution in [0.2, 0.25) is 0 Å². The van der Waals surface area contributed by atoms with E-state index in [1.54, 1.807) is 13.4 Å². The number of hydrogen-bond acceptors (Lipinski definition) is 4. The molecule has 134 valence electrons. The van der Waals surface area contributed by atoms with Crippen LogP contribution < -0.4 is 9.64 Å². The lowest BCUT2D eigenvalue weighted by atomic mass is 10.0. The highest BCUT2D eigenvalue weighted by molar-refractivity contribution is 5.93. The molecule has 0 spiro atoms. The van der Waals surface area contributed by atoms with Gasteiger partial charge in [0.05, 0.1) is 19.9 Å². The Kier molecular flexibility index (Phi) is 5.76. The Morgan fingerprint density at radius 1 is 1.24 bits per heavy atom. The molecule has 0 unspecified atom stereocenters. The van der Waals surface area contributed by atoms with Gasteiger partial charge in [-0.25, -0.2) is 0 Å². The van der Waals surface area contributed by atoms with Crippen LogP contribution in [0, 0.1) is 0 Å². The van der Waals surface area contributed by atoms with Gasteiger partial charge in [0, 0.05) is 31.2 Å². The van der Waals surface area contributed by atoms with Gasteiger partial charge < -0.3 is 14.1 Å². The van der Waals surface area contributed by atoms with Crippen molar-refractivity contribution in [3.63, 3.8) is 0 Å². The first-order valence-electron chi connectivity index (χ1n) is 8.92. The number of amides is 1. The molecule has 1 fully saturated rings. The van der Waals surface area contributed by atoms with Gasteiger partial charge in [-0.2, -0.15) is 0 Å². The average Bonchev–Trinajstić information content (AvgIpc) is 3.17. The SMILES string of the molecule is CCC(=O)N(c1ccc(OC)cc1)C1CCN(Cc2ccco2)CC1. The van der Waals surface area contributed by atoms with Gasteiger partial charge in [-0.1, -0.05) is 6.92 Å². The van der Waals surface area contributed by atoms with Crippen LogP contribution in [0.4, 0.5) is 5.69 Å². The molecule has 2 aromatic rings. The summed E-state index contributed by atoms with van der Waals surface area (Å²) < 4.78 is 10.7. The van der Waals surface area contributed by atoms with E-state index in [1.807, 2.05) is 48.2 Å². The number of anilines is 1. The number of ether oxygens (including phenoxy) is 1. The molecule has 0 N–H and O–H groups in total. The molecule has 5 nitrogen and oxygen atoms in total. The Hall–Kier alpha value is -2.27. The standard InChI is InChI=1S/C20H26N2O3/c1-3-20(23)22(16-6-8-18(24-2)9-7-16)17-10-12-21(13-11-17)15-19-5-4-14-25-19/h4-9,14,17H,3,10-13,15H2,1-2H3. The number of likely N-dealkylation sites (tertiary alicyclic amines) is 1. The number of carbonyl (C=O) groups is 1. The smallest absolute Gasteiger partial charge is 0.226 e. The van der Waals surface area contributed by atoms with Crippen LogP contribution in [0.1, 0.15) is 31.9 Å². The predicted octanol–water partition coefficient (Wildman–Crippen LogP) is 3.70. The van der Waals surface area contributed by atoms with Crippen molar-refractivity contribution in [3.05, 3.63) is 48.4 Å². The van der Waals surface area contributed by atoms with Gasteiger partial charge in [-0.15, -0.1) is 0 Å². The summed E-state index contributed by atoms with van der Waals surface area (Å²) in [5.41, 5.74) is 0.956. The minimum absolute atomic E-state index is 0.176. The van der Waals surface area contributed by atoms with Crippen LogP contribution in [0.5, 0.6) is 5.75 Å². The molecule has 0 radical (unpaired) electrons. The molecule has 1 aliphatic heterocycles. The van der Waals surface area contributed by atoms with E-state index in [4.69, 9.17) is 9.15 Å². The van der Waals surface area contributed by atoms with Crippen molar-refractivity contribution in [2.75, 3.05) is 25.1 Å². The van der Waals surface area contributed by atoms with Gasteiger partial charge in [-0.05, 0) is 49.2 Å². The van der Waals surface area contributed by atoms with E-state index in [9.17, 15) is 4.79 Å². The number of hydrogen-bond donors (Lipinski definition) is 0. The molecule has 5 heteroatoms. The van der Waals surface area contributed by atoms with Crippen molar-refractivity contribution in [1.29, 1.82) is 0 Å². The Labute approximate surface area is 149 Å². The Morgan fingerprint density at radius 2 is 1.96 bits per heavy atom. The Morgan fingerprint density at radius 3 is 2.52 bits per heavy atom. The first-order valence-corrected chi connectivity index (χ1v) is 8.92. The van der Waals surface area contributed by atoms with Gasteiger partial charge in [0.1, 0.15) is 11.5 Å². The Bertz CT molecular complexity index is 659. The summed E-state index contributed by atoms with van der Waals surface area (Å²) in [6.45, 7) is 4.69. The van der Waals surface area contributed by atoms with Gasteiger partial charge in [0.2, 0.25) is 5.91 Å². The third-order valence-electron chi connectivity index (χ3n) is 4.80. The lowest BCUT2D eigenvalue weighted by molar-refractivity contribution is -0.119. The Balaban J connectivity index is 1.66. The van der Waals surface area contributed by atoms with Crippen LogP contribution in [0.3, 0.4) is 0 Å². The summed E-state index contributed by atoms with van der Waals surface area (Å²) in [5.74, 6) is 1.98. The van der Waals surface area contributed by atoms with Crippen LogP contribution in [0.15, 0.2) is 47.1 Å². The summed E-state index contributed by atoms with van der Waals surface area (Å²) in [7, 11) is 1.65. The quantitative estimate of drug-likeness (QED) is 0.803. The fraction of sp³-hybridized carbons (Fsp3) is 0.450. The summed E-state index contributed by atoms with van der Waals surface area (Å²) in [6, 6.07) is 12.0. The fourth-order valence-corrected chi connectivity index (χ4v) is 3.43. The van der Waals surface area contributed by atoms with Crippen molar-refractivity contribution >= 4 is 11.6 Å². The van der Waals surface area contributed by atoms with Crippen molar-refractivity contribution in [3.8, 4) is 5.75 Å². The molecule has 1 aromatic carbocycles. The average molecular weight is 342 g/mol. The second kappa shape index (κ2) is 8.21. The van der Waals surface area contributed by atoms with E-state index in [0.717, 1.165) is 49.7 Å². The molecule has 3 rings (SSSR count). The number of piperidine rings is 1. The zero-order valence-electron chi connectivity index (χ0n) is 15.0. The van der Waals surface area contributed by atoms with Gasteiger partial charge >= 0.3 is 0 Å². The van der Waals surface area contributed by atoms with Crippen molar-refractivity contribution in [2.45, 2.75) is 38.8 Å². The molecule has 1 aliphatic rings. The summed E-state index contributed by atoms with van der Waals surface area (Å²) in [5, 5.41) is 0. The van der Waals surface area contributed by atoms with E-state index >= 15 is 0 Å². The van der Waals surface area contributed by atoms with Crippen LogP contribution in [0.25, 0.3) is 0 Å². The topological polar surface area (TPSA) is 45.9 Å². The van der Waals surface area contributed by atoms with Gasteiger partial charge in [0.15, 0.2) is 0 Å². The number of benzene rings is 1. The fourth-order valence-electron chi connectivity index (χ4n) is 3.43. The summed E-state index contributed by atoms with van der Waals surface area (Å²) >= 11 is 0. The normalized spacial score (nSPS) is 15.9. The number of rotatable bonds is 6. The molecular weight excluding hydrogens is 316 g/mol. The molecule has 1 saturated heterocycles. The summed E-state index contributed by atoms with van der Waals surface area (Å²) in [4.78, 5) is 16.9. The monoisotopic (exact) mass is 342 g/mol. The highest BCUT2D eigenvalue weighted by Crippen LogP contribution is 2.27. The van der Waals surface area contributed by atoms with E-state index in [0.29, 0.717) is 6.42 Å². The zero-order chi connectivity index (χ0) is 17.6. The molecule has 0 atom stereocenters. The minimum atomic E-state index is 0.176. The molecule has 1 aromatic heterocycles. The molecule has 0 saturated carbocycles. The second-order valence-corrected chi connectivity index (χ2v) is 6.40. The maximum Gasteiger partial charge on any atom is 0.226 e. The van der Waals surface area contributed by atoms with Crippen molar-refractivity contribution in [1.82, 2.24) is 4.90 Å². The molecule has 2 heterocycles. The van der Waals surface area contributed by atoms with Crippen LogP contribution in [-0.2, 0) is 11.3 Å². The largest absolute Gasteiger partial charge is 0.497 e. The molecule has 0 bridgehead atoms. The molecule has 0 aliphatic carbocycles. The van der Waals surface area contributed by atoms with Crippen molar-refractivity contribution < 1.29 is 13.9 Å². The highest BCUT2D eigenvalue weighted by Gasteiger charge is 2.28. The van der Waals surface area contributed by atoms with E-state index < -0.39 is 0 Å². The maximum absolute atomic E-state index is 12.6. The van der Waals surface area contributed by atoms with E-state index in [2.05, 4.69) is 4.90 Å². The second-order valence-electron chi connectivity index (χ2n) is 6.40. The maximum atomic E-state index is 12.6. The molecule has 1 amide bonds. The zero-order valence-corrected chi connectivity index (χ0v) is 15.0. The lowest BCUT2D eigenvalue weighted by Gasteiger charge is -2.38. The van der Waals surface area contributed by atoms with E-state index in [-0.39, 0.29) is 11.9 Å². The number of furan rings is 1. The lowest BCUT2D eigenvalue weighted by Crippen LogP contribution is -2.47. The minimum Gasteiger partial charge on any atom is -0.497 e. The van der Waals surface area contributed by atoms with Gasteiger partial charge in [-0.3, -0.25) is 9.69 Å². The third-order valence-corrected chi connectivity index (χ3v) is 4.80. The summed E-state index contributed by atoms with van der Waals surface area (Å²) in [6.07, 6.45) is 4.17. The highest BCUT2D eigenvalue weighted by atomic mass is 16.5. The first-order chi connectivity index (χ1) is 12.2. The van der Waals surface area contributed by atoms with Gasteiger partial charge in [0.25, 0.3) is 0 Å². The number of nitrogens with zero attached hydrogens (tertiary/aromatic N) is 2. The molecular formula is C20H26N2O3. The first kappa shape index (κ1) is 17.5. The van der Waals surface area contributed by atoms with Crippen molar-refractivity contribution in [2.24, 2.45) is 0 Å².